The first-order valence-corrected chi connectivity index (χ1v) is 6.65. The molecule has 1 amide bonds. The van der Waals surface area contributed by atoms with Crippen LogP contribution in [0.3, 0.4) is 0 Å². The molecule has 1 saturated heterocycles. The molecule has 0 aliphatic carbocycles. The number of hydrogen-bond donors (Lipinski definition) is 1. The number of hydrogen-bond acceptors (Lipinski definition) is 3. The van der Waals surface area contributed by atoms with Crippen molar-refractivity contribution < 1.29 is 4.79 Å². The Hall–Kier alpha value is -0.880. The maximum Gasteiger partial charge on any atom is 0.227 e. The molecule has 0 radical (unpaired) electrons. The smallest absolute Gasteiger partial charge is 0.227 e. The Morgan fingerprint density at radius 3 is 2.88 bits per heavy atom. The van der Waals surface area contributed by atoms with Gasteiger partial charge in [-0.25, -0.2) is 4.98 Å². The maximum absolute atomic E-state index is 11.9. The zero-order valence-electron chi connectivity index (χ0n) is 8.99. The highest BCUT2D eigenvalue weighted by Crippen LogP contribution is 2.38. The monoisotopic (exact) mass is 359 g/mol. The van der Waals surface area contributed by atoms with Crippen molar-refractivity contribution in [3.8, 4) is 0 Å². The van der Waals surface area contributed by atoms with E-state index in [0.717, 1.165) is 0 Å². The summed E-state index contributed by atoms with van der Waals surface area (Å²) in [6, 6.07) is 0. The molecular formula is C11H11Br2N3O. The molecule has 0 spiro atoms. The summed E-state index contributed by atoms with van der Waals surface area (Å²) < 4.78 is 1.27. The minimum atomic E-state index is 0.0437. The van der Waals surface area contributed by atoms with E-state index in [-0.39, 0.29) is 11.8 Å². The van der Waals surface area contributed by atoms with Gasteiger partial charge in [0, 0.05) is 25.1 Å². The van der Waals surface area contributed by atoms with E-state index in [2.05, 4.69) is 43.4 Å². The highest BCUT2D eigenvalue weighted by atomic mass is 79.9. The molecule has 1 aromatic heterocycles. The third-order valence-electron chi connectivity index (χ3n) is 2.76. The van der Waals surface area contributed by atoms with Crippen LogP contribution in [0.2, 0.25) is 0 Å². The van der Waals surface area contributed by atoms with Gasteiger partial charge in [0.1, 0.15) is 10.3 Å². The number of nitrogen functional groups attached to an aromatic ring is 1. The molecule has 1 atom stereocenters. The lowest BCUT2D eigenvalue weighted by Crippen LogP contribution is -2.26. The maximum atomic E-state index is 11.9. The Labute approximate surface area is 116 Å². The number of amides is 1. The van der Waals surface area contributed by atoms with Gasteiger partial charge in [0.2, 0.25) is 5.91 Å². The lowest BCUT2D eigenvalue weighted by molar-refractivity contribution is -0.117. The van der Waals surface area contributed by atoms with Crippen molar-refractivity contribution in [2.75, 3.05) is 17.2 Å². The van der Waals surface area contributed by atoms with E-state index in [1.165, 1.54) is 0 Å². The normalized spacial score (nSPS) is 19.8. The standard InChI is InChI=1S/C11H11Br2N3O/c1-2-6-3-8(17)16(5-6)10-9(14)7(12)4-15-11(10)13/h2,4,6H,1,3,5H2,(H2,14,15). The van der Waals surface area contributed by atoms with Gasteiger partial charge in [-0.05, 0) is 31.9 Å². The number of anilines is 2. The Kier molecular flexibility index (Phi) is 3.53. The molecule has 1 aliphatic rings. The zero-order chi connectivity index (χ0) is 12.6. The summed E-state index contributed by atoms with van der Waals surface area (Å²) in [5.74, 6) is 0.218. The Morgan fingerprint density at radius 1 is 1.59 bits per heavy atom. The second-order valence-corrected chi connectivity index (χ2v) is 5.47. The average Bonchev–Trinajstić information content (AvgIpc) is 2.66. The van der Waals surface area contributed by atoms with Crippen LogP contribution in [-0.4, -0.2) is 17.4 Å². The average molecular weight is 361 g/mol. The van der Waals surface area contributed by atoms with Crippen molar-refractivity contribution in [3.05, 3.63) is 27.9 Å². The van der Waals surface area contributed by atoms with Gasteiger partial charge in [-0.3, -0.25) is 4.79 Å². The summed E-state index contributed by atoms with van der Waals surface area (Å²) in [7, 11) is 0. The highest BCUT2D eigenvalue weighted by Gasteiger charge is 2.31. The van der Waals surface area contributed by atoms with Crippen molar-refractivity contribution in [1.29, 1.82) is 0 Å². The van der Waals surface area contributed by atoms with Crippen molar-refractivity contribution in [2.24, 2.45) is 5.92 Å². The molecule has 17 heavy (non-hydrogen) atoms. The largest absolute Gasteiger partial charge is 0.396 e. The first-order valence-electron chi connectivity index (χ1n) is 5.07. The number of carbonyl (C=O) groups is 1. The van der Waals surface area contributed by atoms with Crippen LogP contribution >= 0.6 is 31.9 Å². The van der Waals surface area contributed by atoms with Crippen LogP contribution in [0.4, 0.5) is 11.4 Å². The fourth-order valence-corrected chi connectivity index (χ4v) is 2.65. The molecule has 90 valence electrons. The third kappa shape index (κ3) is 2.24. The molecule has 4 nitrogen and oxygen atoms in total. The summed E-state index contributed by atoms with van der Waals surface area (Å²) >= 11 is 6.64. The van der Waals surface area contributed by atoms with Gasteiger partial charge in [-0.1, -0.05) is 6.08 Å². The molecule has 1 aromatic rings. The van der Waals surface area contributed by atoms with Gasteiger partial charge in [-0.15, -0.1) is 6.58 Å². The van der Waals surface area contributed by atoms with Crippen LogP contribution in [0, 0.1) is 5.92 Å². The predicted molar refractivity (Wildman–Crippen MR) is 74.7 cm³/mol. The van der Waals surface area contributed by atoms with E-state index < -0.39 is 0 Å². The lowest BCUT2D eigenvalue weighted by atomic mass is 10.1. The number of halogens is 2. The van der Waals surface area contributed by atoms with Gasteiger partial charge in [-0.2, -0.15) is 0 Å². The molecule has 1 fully saturated rings. The van der Waals surface area contributed by atoms with Gasteiger partial charge >= 0.3 is 0 Å². The topological polar surface area (TPSA) is 59.2 Å². The summed E-state index contributed by atoms with van der Waals surface area (Å²) in [5, 5.41) is 0. The van der Waals surface area contributed by atoms with Crippen molar-refractivity contribution >= 4 is 49.1 Å². The fraction of sp³-hybridized carbons (Fsp3) is 0.273. The van der Waals surface area contributed by atoms with Crippen molar-refractivity contribution in [1.82, 2.24) is 4.98 Å². The van der Waals surface area contributed by atoms with Crippen LogP contribution in [0.1, 0.15) is 6.42 Å². The molecular weight excluding hydrogens is 350 g/mol. The van der Waals surface area contributed by atoms with Crippen molar-refractivity contribution in [3.63, 3.8) is 0 Å². The number of rotatable bonds is 2. The minimum Gasteiger partial charge on any atom is -0.396 e. The number of pyridine rings is 1. The van der Waals surface area contributed by atoms with Crippen LogP contribution < -0.4 is 10.6 Å². The SMILES string of the molecule is C=CC1CC(=O)N(c2c(Br)ncc(Br)c2N)C1. The van der Waals surface area contributed by atoms with E-state index in [1.807, 2.05) is 0 Å². The van der Waals surface area contributed by atoms with Crippen LogP contribution in [0.15, 0.2) is 27.9 Å². The summed E-state index contributed by atoms with van der Waals surface area (Å²) in [6.45, 7) is 4.32. The molecule has 2 N–H and O–H groups in total. The second-order valence-electron chi connectivity index (χ2n) is 3.86. The van der Waals surface area contributed by atoms with E-state index in [4.69, 9.17) is 5.73 Å². The molecule has 1 unspecified atom stereocenters. The van der Waals surface area contributed by atoms with Gasteiger partial charge in [0.25, 0.3) is 0 Å². The van der Waals surface area contributed by atoms with Crippen LogP contribution in [0.5, 0.6) is 0 Å². The number of aromatic nitrogens is 1. The molecule has 0 bridgehead atoms. The molecule has 0 saturated carbocycles. The second kappa shape index (κ2) is 4.78. The fourth-order valence-electron chi connectivity index (χ4n) is 1.83. The van der Waals surface area contributed by atoms with E-state index in [1.54, 1.807) is 17.2 Å². The van der Waals surface area contributed by atoms with Gasteiger partial charge < -0.3 is 10.6 Å². The first kappa shape index (κ1) is 12.6. The number of nitrogens with zero attached hydrogens (tertiary/aromatic N) is 2. The molecule has 2 heterocycles. The minimum absolute atomic E-state index is 0.0437. The van der Waals surface area contributed by atoms with Crippen LogP contribution in [0.25, 0.3) is 0 Å². The van der Waals surface area contributed by atoms with E-state index >= 15 is 0 Å². The van der Waals surface area contributed by atoms with Gasteiger partial charge in [0.15, 0.2) is 0 Å². The third-order valence-corrected chi connectivity index (χ3v) is 3.97. The quantitative estimate of drug-likeness (QED) is 0.651. The molecule has 2 rings (SSSR count). The summed E-state index contributed by atoms with van der Waals surface area (Å²) in [6.07, 6.45) is 3.88. The highest BCUT2D eigenvalue weighted by molar-refractivity contribution is 9.11. The Bertz CT molecular complexity index is 490. The first-order chi connectivity index (χ1) is 8.04. The van der Waals surface area contributed by atoms with E-state index in [9.17, 15) is 4.79 Å². The lowest BCUT2D eigenvalue weighted by Gasteiger charge is -2.20. The van der Waals surface area contributed by atoms with Crippen molar-refractivity contribution in [2.45, 2.75) is 6.42 Å². The summed E-state index contributed by atoms with van der Waals surface area (Å²) in [5.41, 5.74) is 7.13. The molecule has 0 aromatic carbocycles. The number of carbonyl (C=O) groups excluding carboxylic acids is 1. The van der Waals surface area contributed by atoms with E-state index in [0.29, 0.717) is 33.4 Å². The molecule has 6 heteroatoms. The van der Waals surface area contributed by atoms with Gasteiger partial charge in [0.05, 0.1) is 10.2 Å². The molecule has 1 aliphatic heterocycles. The number of nitrogens with two attached hydrogens (primary N) is 1. The van der Waals surface area contributed by atoms with Crippen LogP contribution in [-0.2, 0) is 4.79 Å². The Morgan fingerprint density at radius 2 is 2.29 bits per heavy atom. The summed E-state index contributed by atoms with van der Waals surface area (Å²) in [4.78, 5) is 17.7. The predicted octanol–water partition coefficient (Wildman–Crippen LogP) is 2.73. The Balaban J connectivity index is 2.44. The zero-order valence-corrected chi connectivity index (χ0v) is 12.2.